The lowest BCUT2D eigenvalue weighted by Gasteiger charge is -2.36. The van der Waals surface area contributed by atoms with Gasteiger partial charge in [0.2, 0.25) is 15.8 Å². The average molecular weight is 553 g/mol. The molecule has 2 fully saturated rings. The highest BCUT2D eigenvalue weighted by molar-refractivity contribution is 7.89. The quantitative estimate of drug-likeness (QED) is 0.443. The van der Waals surface area contributed by atoms with E-state index in [9.17, 15) is 17.6 Å². The Labute approximate surface area is 223 Å². The first kappa shape index (κ1) is 28.5. The van der Waals surface area contributed by atoms with Gasteiger partial charge in [-0.15, -0.1) is 0 Å². The number of piperazine rings is 1. The highest BCUT2D eigenvalue weighted by atomic mass is 32.2. The van der Waals surface area contributed by atoms with Gasteiger partial charge in [0.05, 0.1) is 29.3 Å². The van der Waals surface area contributed by atoms with Gasteiger partial charge < -0.3 is 19.1 Å². The van der Waals surface area contributed by atoms with Crippen LogP contribution in [0.1, 0.15) is 40.5 Å². The Kier molecular flexibility index (Phi) is 9.07. The molecule has 1 aromatic heterocycles. The van der Waals surface area contributed by atoms with Crippen LogP contribution < -0.4 is 15.2 Å². The SMILES string of the molecule is CCOC1CC(Oc2c(N3CCN(S(=O)(=O)C(C)C)CC3)cnn(-c3cccc(F)c3)c2=O)CC1OCC. The summed E-state index contributed by atoms with van der Waals surface area (Å²) in [4.78, 5) is 15.6. The second kappa shape index (κ2) is 12.1. The predicted molar refractivity (Wildman–Crippen MR) is 142 cm³/mol. The summed E-state index contributed by atoms with van der Waals surface area (Å²) in [7, 11) is -3.38. The van der Waals surface area contributed by atoms with Crippen LogP contribution in [0, 0.1) is 5.82 Å². The molecule has 2 unspecified atom stereocenters. The molecule has 210 valence electrons. The van der Waals surface area contributed by atoms with Gasteiger partial charge >= 0.3 is 5.56 Å². The van der Waals surface area contributed by atoms with Crippen molar-refractivity contribution in [2.45, 2.75) is 64.1 Å². The van der Waals surface area contributed by atoms with E-state index in [1.165, 1.54) is 28.7 Å². The van der Waals surface area contributed by atoms with Crippen molar-refractivity contribution < 1.29 is 27.0 Å². The second-order valence-electron chi connectivity index (χ2n) is 9.73. The van der Waals surface area contributed by atoms with Crippen LogP contribution >= 0.6 is 0 Å². The van der Waals surface area contributed by atoms with Gasteiger partial charge in [-0.05, 0) is 45.9 Å². The van der Waals surface area contributed by atoms with E-state index < -0.39 is 26.6 Å². The molecule has 0 bridgehead atoms. The third-order valence-electron chi connectivity index (χ3n) is 6.95. The smallest absolute Gasteiger partial charge is 0.316 e. The molecule has 0 amide bonds. The zero-order valence-electron chi connectivity index (χ0n) is 22.4. The molecule has 2 aliphatic rings. The van der Waals surface area contributed by atoms with Crippen molar-refractivity contribution in [2.24, 2.45) is 0 Å². The van der Waals surface area contributed by atoms with Gasteiger partial charge in [-0.25, -0.2) is 12.8 Å². The topological polar surface area (TPSA) is 103 Å². The van der Waals surface area contributed by atoms with Crippen LogP contribution in [0.2, 0.25) is 0 Å². The van der Waals surface area contributed by atoms with Gasteiger partial charge in [0, 0.05) is 52.2 Å². The third-order valence-corrected chi connectivity index (χ3v) is 9.23. The standard InChI is InChI=1S/C26H37FN4O6S/c1-5-35-23-15-21(16-24(23)36-6-2)37-25-22(29-10-12-30(13-11-29)38(33,34)18(3)4)17-28-31(26(25)32)20-9-7-8-19(27)14-20/h7-9,14,17-18,21,23-24H,5-6,10-13,15-16H2,1-4H3. The van der Waals surface area contributed by atoms with Crippen LogP contribution in [-0.2, 0) is 19.5 Å². The Morgan fingerprint density at radius 3 is 2.24 bits per heavy atom. The summed E-state index contributed by atoms with van der Waals surface area (Å²) in [5.41, 5.74) is 0.250. The molecule has 38 heavy (non-hydrogen) atoms. The second-order valence-corrected chi connectivity index (χ2v) is 12.2. The van der Waals surface area contributed by atoms with E-state index in [1.54, 1.807) is 19.9 Å². The van der Waals surface area contributed by atoms with Crippen LogP contribution in [0.5, 0.6) is 5.75 Å². The molecule has 1 aliphatic carbocycles. The van der Waals surface area contributed by atoms with Gasteiger partial charge in [0.25, 0.3) is 0 Å². The normalized spacial score (nSPS) is 22.8. The summed E-state index contributed by atoms with van der Waals surface area (Å²) in [5.74, 6) is -0.387. The van der Waals surface area contributed by atoms with Gasteiger partial charge in [-0.2, -0.15) is 14.1 Å². The van der Waals surface area contributed by atoms with E-state index in [0.717, 1.165) is 4.68 Å². The van der Waals surface area contributed by atoms with Crippen LogP contribution in [0.3, 0.4) is 0 Å². The molecule has 0 N–H and O–H groups in total. The number of nitrogens with zero attached hydrogens (tertiary/aromatic N) is 4. The highest BCUT2D eigenvalue weighted by Crippen LogP contribution is 2.33. The number of anilines is 1. The molecule has 1 aliphatic heterocycles. The number of rotatable bonds is 10. The van der Waals surface area contributed by atoms with E-state index in [2.05, 4.69) is 5.10 Å². The van der Waals surface area contributed by atoms with E-state index in [0.29, 0.717) is 44.8 Å². The Hall–Kier alpha value is -2.54. The zero-order chi connectivity index (χ0) is 27.4. The zero-order valence-corrected chi connectivity index (χ0v) is 23.2. The van der Waals surface area contributed by atoms with Crippen molar-refractivity contribution >= 4 is 15.7 Å². The number of hydrogen-bond acceptors (Lipinski definition) is 8. The van der Waals surface area contributed by atoms with E-state index >= 15 is 0 Å². The van der Waals surface area contributed by atoms with E-state index in [4.69, 9.17) is 14.2 Å². The lowest BCUT2D eigenvalue weighted by Crippen LogP contribution is -2.50. The predicted octanol–water partition coefficient (Wildman–Crippen LogP) is 2.58. The summed E-state index contributed by atoms with van der Waals surface area (Å²) < 4.78 is 59.9. The highest BCUT2D eigenvalue weighted by Gasteiger charge is 2.38. The number of halogens is 1. The molecule has 2 atom stereocenters. The monoisotopic (exact) mass is 552 g/mol. The fourth-order valence-corrected chi connectivity index (χ4v) is 6.27. The van der Waals surface area contributed by atoms with E-state index in [-0.39, 0.29) is 42.8 Å². The molecule has 1 saturated carbocycles. The number of benzene rings is 1. The lowest BCUT2D eigenvalue weighted by atomic mass is 10.2. The van der Waals surface area contributed by atoms with Crippen LogP contribution in [0.25, 0.3) is 5.69 Å². The van der Waals surface area contributed by atoms with Gasteiger partial charge in [0.15, 0.2) is 0 Å². The van der Waals surface area contributed by atoms with Crippen molar-refractivity contribution in [1.29, 1.82) is 0 Å². The first-order valence-electron chi connectivity index (χ1n) is 13.2. The number of ether oxygens (including phenoxy) is 3. The molecular formula is C26H37FN4O6S. The largest absolute Gasteiger partial charge is 0.483 e. The fourth-order valence-electron chi connectivity index (χ4n) is 5.00. The molecule has 12 heteroatoms. The summed E-state index contributed by atoms with van der Waals surface area (Å²) >= 11 is 0. The van der Waals surface area contributed by atoms with Crippen molar-refractivity contribution in [1.82, 2.24) is 14.1 Å². The maximum atomic E-state index is 13.9. The Morgan fingerprint density at radius 2 is 1.68 bits per heavy atom. The number of hydrogen-bond donors (Lipinski definition) is 0. The maximum Gasteiger partial charge on any atom is 0.316 e. The average Bonchev–Trinajstić information content (AvgIpc) is 3.26. The summed E-state index contributed by atoms with van der Waals surface area (Å²) in [6, 6.07) is 5.64. The summed E-state index contributed by atoms with van der Waals surface area (Å²) in [6.07, 6.45) is 2.01. The Morgan fingerprint density at radius 1 is 1.05 bits per heavy atom. The lowest BCUT2D eigenvalue weighted by molar-refractivity contribution is -0.0489. The van der Waals surface area contributed by atoms with Crippen molar-refractivity contribution in [3.63, 3.8) is 0 Å². The molecule has 0 radical (unpaired) electrons. The number of aromatic nitrogens is 2. The van der Waals surface area contributed by atoms with Crippen LogP contribution in [0.15, 0.2) is 35.3 Å². The summed E-state index contributed by atoms with van der Waals surface area (Å²) in [6.45, 7) is 9.58. The molecule has 1 aromatic carbocycles. The molecule has 2 heterocycles. The Bertz CT molecular complexity index is 1250. The van der Waals surface area contributed by atoms with Gasteiger partial charge in [0.1, 0.15) is 17.6 Å². The first-order chi connectivity index (χ1) is 18.1. The minimum Gasteiger partial charge on any atom is -0.483 e. The van der Waals surface area contributed by atoms with E-state index in [1.807, 2.05) is 18.7 Å². The fraction of sp³-hybridized carbons (Fsp3) is 0.615. The molecule has 4 rings (SSSR count). The maximum absolute atomic E-state index is 13.9. The van der Waals surface area contributed by atoms with Crippen molar-refractivity contribution in [2.75, 3.05) is 44.3 Å². The first-order valence-corrected chi connectivity index (χ1v) is 14.7. The molecule has 10 nitrogen and oxygen atoms in total. The van der Waals surface area contributed by atoms with Gasteiger partial charge in [-0.3, -0.25) is 4.79 Å². The molecule has 1 saturated heterocycles. The molecular weight excluding hydrogens is 515 g/mol. The van der Waals surface area contributed by atoms with Crippen molar-refractivity contribution in [3.8, 4) is 11.4 Å². The Balaban J connectivity index is 1.65. The minimum absolute atomic E-state index is 0.0989. The molecule has 0 spiro atoms. The molecule has 2 aromatic rings. The number of sulfonamides is 1. The van der Waals surface area contributed by atoms with Gasteiger partial charge in [-0.1, -0.05) is 6.07 Å². The van der Waals surface area contributed by atoms with Crippen LogP contribution in [0.4, 0.5) is 10.1 Å². The van der Waals surface area contributed by atoms with Crippen molar-refractivity contribution in [3.05, 3.63) is 46.6 Å². The van der Waals surface area contributed by atoms with Crippen LogP contribution in [-0.4, -0.2) is 85.5 Å². The summed E-state index contributed by atoms with van der Waals surface area (Å²) in [5, 5.41) is 3.81. The third kappa shape index (κ3) is 6.03. The minimum atomic E-state index is -3.38.